The van der Waals surface area contributed by atoms with Crippen LogP contribution in [0, 0.1) is 17.8 Å². The maximum atomic E-state index is 12.9. The Morgan fingerprint density at radius 2 is 1.71 bits per heavy atom. The van der Waals surface area contributed by atoms with E-state index in [0.29, 0.717) is 17.8 Å². The van der Waals surface area contributed by atoms with Gasteiger partial charge in [0.05, 0.1) is 12.2 Å². The van der Waals surface area contributed by atoms with E-state index in [0.717, 1.165) is 13.0 Å². The van der Waals surface area contributed by atoms with E-state index in [1.54, 1.807) is 0 Å². The first-order valence-electron chi connectivity index (χ1n) is 8.38. The van der Waals surface area contributed by atoms with E-state index >= 15 is 0 Å². The topological polar surface area (TPSA) is 35.6 Å². The van der Waals surface area contributed by atoms with Crippen molar-refractivity contribution in [3.8, 4) is 0 Å². The summed E-state index contributed by atoms with van der Waals surface area (Å²) in [5, 5.41) is 3.59. The standard InChI is InChI=1S/C17H35N3O/c1-11(2)9-15-18-16(13(5)6)17(21)20(15)14(12(3)4)10-19(7)8/h11-16,18H,9-10H2,1-8H3. The third kappa shape index (κ3) is 4.68. The molecule has 0 bridgehead atoms. The second kappa shape index (κ2) is 7.59. The van der Waals surface area contributed by atoms with Crippen molar-refractivity contribution in [1.29, 1.82) is 0 Å². The first-order valence-corrected chi connectivity index (χ1v) is 8.38. The Morgan fingerprint density at radius 3 is 2.10 bits per heavy atom. The highest BCUT2D eigenvalue weighted by Crippen LogP contribution is 2.26. The van der Waals surface area contributed by atoms with Crippen LogP contribution in [-0.4, -0.2) is 54.6 Å². The van der Waals surface area contributed by atoms with Crippen LogP contribution in [0.4, 0.5) is 0 Å². The molecule has 1 fully saturated rings. The van der Waals surface area contributed by atoms with Crippen LogP contribution in [0.5, 0.6) is 0 Å². The Labute approximate surface area is 131 Å². The summed E-state index contributed by atoms with van der Waals surface area (Å²) in [5.41, 5.74) is 0. The molecular formula is C17H35N3O. The Hall–Kier alpha value is -0.610. The van der Waals surface area contributed by atoms with Crippen LogP contribution in [0.3, 0.4) is 0 Å². The molecule has 1 heterocycles. The molecule has 1 amide bonds. The summed E-state index contributed by atoms with van der Waals surface area (Å²) >= 11 is 0. The monoisotopic (exact) mass is 297 g/mol. The molecule has 0 aromatic carbocycles. The van der Waals surface area contributed by atoms with Crippen LogP contribution in [0.25, 0.3) is 0 Å². The number of hydrogen-bond donors (Lipinski definition) is 1. The van der Waals surface area contributed by atoms with E-state index in [-0.39, 0.29) is 24.2 Å². The van der Waals surface area contributed by atoms with Gasteiger partial charge in [0.1, 0.15) is 0 Å². The van der Waals surface area contributed by atoms with Crippen molar-refractivity contribution in [2.75, 3.05) is 20.6 Å². The fraction of sp³-hybridized carbons (Fsp3) is 0.941. The van der Waals surface area contributed by atoms with Crippen molar-refractivity contribution in [3.05, 3.63) is 0 Å². The zero-order chi connectivity index (χ0) is 16.3. The highest BCUT2D eigenvalue weighted by molar-refractivity contribution is 5.85. The summed E-state index contributed by atoms with van der Waals surface area (Å²) in [4.78, 5) is 17.2. The van der Waals surface area contributed by atoms with Gasteiger partial charge in [-0.25, -0.2) is 0 Å². The Bertz CT molecular complexity index is 339. The van der Waals surface area contributed by atoms with Gasteiger partial charge >= 0.3 is 0 Å². The van der Waals surface area contributed by atoms with Crippen LogP contribution in [-0.2, 0) is 4.79 Å². The van der Waals surface area contributed by atoms with E-state index in [4.69, 9.17) is 0 Å². The van der Waals surface area contributed by atoms with Gasteiger partial charge in [-0.3, -0.25) is 10.1 Å². The van der Waals surface area contributed by atoms with Crippen molar-refractivity contribution in [1.82, 2.24) is 15.1 Å². The van der Waals surface area contributed by atoms with Gasteiger partial charge in [-0.15, -0.1) is 0 Å². The predicted molar refractivity (Wildman–Crippen MR) is 89.0 cm³/mol. The molecule has 1 rings (SSSR count). The lowest BCUT2D eigenvalue weighted by Gasteiger charge is -2.37. The van der Waals surface area contributed by atoms with Gasteiger partial charge < -0.3 is 9.80 Å². The van der Waals surface area contributed by atoms with Crippen LogP contribution >= 0.6 is 0 Å². The summed E-state index contributed by atoms with van der Waals surface area (Å²) in [7, 11) is 4.17. The molecule has 1 saturated heterocycles. The smallest absolute Gasteiger partial charge is 0.241 e. The van der Waals surface area contributed by atoms with Crippen LogP contribution in [0.15, 0.2) is 0 Å². The Kier molecular flexibility index (Phi) is 6.67. The SMILES string of the molecule is CC(C)CC1NC(C(C)C)C(=O)N1C(CN(C)C)C(C)C. The van der Waals surface area contributed by atoms with Crippen LogP contribution < -0.4 is 5.32 Å². The fourth-order valence-electron chi connectivity index (χ4n) is 3.17. The average molecular weight is 297 g/mol. The van der Waals surface area contributed by atoms with Crippen molar-refractivity contribution in [2.24, 2.45) is 17.8 Å². The molecule has 124 valence electrons. The van der Waals surface area contributed by atoms with Crippen molar-refractivity contribution >= 4 is 5.91 Å². The van der Waals surface area contributed by atoms with Gasteiger partial charge in [0.15, 0.2) is 0 Å². The van der Waals surface area contributed by atoms with Crippen LogP contribution in [0.1, 0.15) is 48.0 Å². The Morgan fingerprint density at radius 1 is 1.14 bits per heavy atom. The highest BCUT2D eigenvalue weighted by Gasteiger charge is 2.44. The summed E-state index contributed by atoms with van der Waals surface area (Å²) in [6.45, 7) is 14.1. The largest absolute Gasteiger partial charge is 0.321 e. The molecule has 1 aliphatic heterocycles. The lowest BCUT2D eigenvalue weighted by atomic mass is 9.99. The summed E-state index contributed by atoms with van der Waals surface area (Å²) < 4.78 is 0. The first-order chi connectivity index (χ1) is 9.65. The van der Waals surface area contributed by atoms with Gasteiger partial charge in [0.2, 0.25) is 5.91 Å². The van der Waals surface area contributed by atoms with Crippen LogP contribution in [0.2, 0.25) is 0 Å². The van der Waals surface area contributed by atoms with Crippen molar-refractivity contribution in [2.45, 2.75) is 66.2 Å². The molecule has 0 aliphatic carbocycles. The quantitative estimate of drug-likeness (QED) is 0.784. The molecule has 0 spiro atoms. The zero-order valence-electron chi connectivity index (χ0n) is 15.2. The number of nitrogens with zero attached hydrogens (tertiary/aromatic N) is 2. The molecule has 3 unspecified atom stereocenters. The minimum Gasteiger partial charge on any atom is -0.321 e. The van der Waals surface area contributed by atoms with E-state index in [9.17, 15) is 4.79 Å². The van der Waals surface area contributed by atoms with Gasteiger partial charge in [-0.2, -0.15) is 0 Å². The number of rotatable bonds is 7. The third-order valence-electron chi connectivity index (χ3n) is 4.27. The molecule has 0 saturated carbocycles. The first kappa shape index (κ1) is 18.4. The highest BCUT2D eigenvalue weighted by atomic mass is 16.2. The van der Waals surface area contributed by atoms with E-state index in [2.05, 4.69) is 70.8 Å². The minimum atomic E-state index is -0.0304. The van der Waals surface area contributed by atoms with Gasteiger partial charge in [0.25, 0.3) is 0 Å². The second-order valence-corrected chi connectivity index (χ2v) is 7.85. The number of carbonyl (C=O) groups is 1. The van der Waals surface area contributed by atoms with E-state index < -0.39 is 0 Å². The Balaban J connectivity index is 3.02. The maximum Gasteiger partial charge on any atom is 0.241 e. The zero-order valence-corrected chi connectivity index (χ0v) is 15.2. The van der Waals surface area contributed by atoms with Gasteiger partial charge in [-0.1, -0.05) is 41.5 Å². The van der Waals surface area contributed by atoms with E-state index in [1.807, 2.05) is 0 Å². The number of amides is 1. The molecule has 0 aromatic rings. The third-order valence-corrected chi connectivity index (χ3v) is 4.27. The molecular weight excluding hydrogens is 262 g/mol. The molecule has 4 nitrogen and oxygen atoms in total. The molecule has 4 heteroatoms. The lowest BCUT2D eigenvalue weighted by Crippen LogP contribution is -2.51. The summed E-state index contributed by atoms with van der Waals surface area (Å²) in [6.07, 6.45) is 1.20. The number of carbonyl (C=O) groups excluding carboxylic acids is 1. The molecule has 0 radical (unpaired) electrons. The lowest BCUT2D eigenvalue weighted by molar-refractivity contribution is -0.134. The molecule has 21 heavy (non-hydrogen) atoms. The molecule has 3 atom stereocenters. The van der Waals surface area contributed by atoms with Gasteiger partial charge in [-0.05, 0) is 38.3 Å². The normalized spacial score (nSPS) is 25.0. The van der Waals surface area contributed by atoms with Crippen molar-refractivity contribution < 1.29 is 4.79 Å². The van der Waals surface area contributed by atoms with Gasteiger partial charge in [0, 0.05) is 12.6 Å². The number of hydrogen-bond acceptors (Lipinski definition) is 3. The minimum absolute atomic E-state index is 0.0304. The van der Waals surface area contributed by atoms with Crippen molar-refractivity contribution in [3.63, 3.8) is 0 Å². The summed E-state index contributed by atoms with van der Waals surface area (Å²) in [5.74, 6) is 1.66. The number of nitrogens with one attached hydrogen (secondary N) is 1. The summed E-state index contributed by atoms with van der Waals surface area (Å²) in [6, 6.07) is 0.240. The number of likely N-dealkylation sites (N-methyl/N-ethyl adjacent to an activating group) is 1. The molecule has 1 aliphatic rings. The fourth-order valence-corrected chi connectivity index (χ4v) is 3.17. The molecule has 0 aromatic heterocycles. The predicted octanol–water partition coefficient (Wildman–Crippen LogP) is 2.40. The molecule has 1 N–H and O–H groups in total. The maximum absolute atomic E-state index is 12.9. The average Bonchev–Trinajstić information content (AvgIpc) is 2.62. The second-order valence-electron chi connectivity index (χ2n) is 7.85. The van der Waals surface area contributed by atoms with E-state index in [1.165, 1.54) is 0 Å².